The smallest absolute Gasteiger partial charge is 0.434 e. The SMILES string of the molecule is CCCCCCCC(CCCCCC)COC(=O)OC(C)CC(C)C. The van der Waals surface area contributed by atoms with Crippen LogP contribution in [0.2, 0.25) is 0 Å². The van der Waals surface area contributed by atoms with Crippen molar-refractivity contribution in [3.63, 3.8) is 0 Å². The van der Waals surface area contributed by atoms with Gasteiger partial charge in [0, 0.05) is 0 Å². The quantitative estimate of drug-likeness (QED) is 0.212. The molecular weight excluding hydrogens is 312 g/mol. The Hall–Kier alpha value is -0.730. The van der Waals surface area contributed by atoms with Gasteiger partial charge in [0.05, 0.1) is 6.61 Å². The predicted octanol–water partition coefficient (Wildman–Crippen LogP) is 7.52. The minimum atomic E-state index is -0.488. The summed E-state index contributed by atoms with van der Waals surface area (Å²) in [6.07, 6.45) is 14.3. The summed E-state index contributed by atoms with van der Waals surface area (Å²) < 4.78 is 10.8. The van der Waals surface area contributed by atoms with Crippen LogP contribution in [0, 0.1) is 11.8 Å². The van der Waals surface area contributed by atoms with Gasteiger partial charge < -0.3 is 9.47 Å². The van der Waals surface area contributed by atoms with Crippen molar-refractivity contribution < 1.29 is 14.3 Å². The van der Waals surface area contributed by atoms with Gasteiger partial charge in [-0.1, -0.05) is 85.5 Å². The first-order valence-corrected chi connectivity index (χ1v) is 10.8. The van der Waals surface area contributed by atoms with Crippen molar-refractivity contribution in [1.29, 1.82) is 0 Å². The molecule has 0 radical (unpaired) electrons. The second kappa shape index (κ2) is 16.7. The van der Waals surface area contributed by atoms with Crippen molar-refractivity contribution in [3.05, 3.63) is 0 Å². The predicted molar refractivity (Wildman–Crippen MR) is 107 cm³/mol. The fourth-order valence-corrected chi connectivity index (χ4v) is 3.30. The molecule has 0 amide bonds. The first kappa shape index (κ1) is 24.3. The molecule has 0 aliphatic rings. The molecule has 2 unspecified atom stereocenters. The average molecular weight is 357 g/mol. The molecule has 0 saturated carbocycles. The van der Waals surface area contributed by atoms with Gasteiger partial charge in [-0.15, -0.1) is 0 Å². The monoisotopic (exact) mass is 356 g/mol. The summed E-state index contributed by atoms with van der Waals surface area (Å²) in [4.78, 5) is 11.9. The van der Waals surface area contributed by atoms with E-state index in [1.807, 2.05) is 6.92 Å². The van der Waals surface area contributed by atoms with E-state index in [9.17, 15) is 4.79 Å². The summed E-state index contributed by atoms with van der Waals surface area (Å²) in [7, 11) is 0. The Balaban J connectivity index is 4.09. The summed E-state index contributed by atoms with van der Waals surface area (Å²) in [6, 6.07) is 0. The summed E-state index contributed by atoms with van der Waals surface area (Å²) >= 11 is 0. The molecule has 0 saturated heterocycles. The number of carbonyl (C=O) groups excluding carboxylic acids is 1. The topological polar surface area (TPSA) is 35.5 Å². The van der Waals surface area contributed by atoms with Crippen LogP contribution in [0.25, 0.3) is 0 Å². The number of carbonyl (C=O) groups is 1. The van der Waals surface area contributed by atoms with Crippen LogP contribution in [0.4, 0.5) is 4.79 Å². The van der Waals surface area contributed by atoms with Crippen LogP contribution < -0.4 is 0 Å². The minimum absolute atomic E-state index is 0.0652. The second-order valence-corrected chi connectivity index (χ2v) is 8.04. The Morgan fingerprint density at radius 1 is 0.800 bits per heavy atom. The van der Waals surface area contributed by atoms with Crippen LogP contribution in [-0.4, -0.2) is 18.9 Å². The normalized spacial score (nSPS) is 13.7. The summed E-state index contributed by atoms with van der Waals surface area (Å²) in [5.74, 6) is 1.02. The van der Waals surface area contributed by atoms with Crippen molar-refractivity contribution in [2.24, 2.45) is 11.8 Å². The molecule has 0 aromatic heterocycles. The van der Waals surface area contributed by atoms with E-state index < -0.39 is 6.16 Å². The van der Waals surface area contributed by atoms with E-state index in [4.69, 9.17) is 9.47 Å². The summed E-state index contributed by atoms with van der Waals surface area (Å²) in [6.45, 7) is 11.2. The third-order valence-electron chi connectivity index (χ3n) is 4.72. The van der Waals surface area contributed by atoms with E-state index in [-0.39, 0.29) is 6.10 Å². The highest BCUT2D eigenvalue weighted by atomic mass is 16.7. The highest BCUT2D eigenvalue weighted by Crippen LogP contribution is 2.19. The molecule has 3 nitrogen and oxygen atoms in total. The van der Waals surface area contributed by atoms with Crippen LogP contribution >= 0.6 is 0 Å². The van der Waals surface area contributed by atoms with Crippen molar-refractivity contribution in [1.82, 2.24) is 0 Å². The molecule has 0 spiro atoms. The molecule has 25 heavy (non-hydrogen) atoms. The Morgan fingerprint density at radius 2 is 1.32 bits per heavy atom. The Kier molecular flexibility index (Phi) is 16.2. The molecule has 0 aromatic rings. The fourth-order valence-electron chi connectivity index (χ4n) is 3.30. The lowest BCUT2D eigenvalue weighted by molar-refractivity contribution is 0.0134. The van der Waals surface area contributed by atoms with E-state index in [0.717, 1.165) is 6.42 Å². The molecule has 0 rings (SSSR count). The van der Waals surface area contributed by atoms with E-state index >= 15 is 0 Å². The Bertz CT molecular complexity index is 302. The lowest BCUT2D eigenvalue weighted by atomic mass is 9.95. The maximum atomic E-state index is 11.9. The summed E-state index contributed by atoms with van der Waals surface area (Å²) in [5.41, 5.74) is 0. The van der Waals surface area contributed by atoms with Crippen LogP contribution in [0.15, 0.2) is 0 Å². The number of hydrogen-bond donors (Lipinski definition) is 0. The van der Waals surface area contributed by atoms with Crippen molar-refractivity contribution in [2.45, 2.75) is 118 Å². The highest BCUT2D eigenvalue weighted by molar-refractivity contribution is 5.60. The lowest BCUT2D eigenvalue weighted by Crippen LogP contribution is -2.20. The Labute approximate surface area is 157 Å². The van der Waals surface area contributed by atoms with E-state index in [2.05, 4.69) is 27.7 Å². The van der Waals surface area contributed by atoms with Gasteiger partial charge in [-0.2, -0.15) is 0 Å². The molecular formula is C22H44O3. The summed E-state index contributed by atoms with van der Waals surface area (Å²) in [5, 5.41) is 0. The zero-order chi connectivity index (χ0) is 18.9. The third kappa shape index (κ3) is 16.5. The van der Waals surface area contributed by atoms with E-state index in [1.54, 1.807) is 0 Å². The number of rotatable bonds is 16. The molecule has 0 bridgehead atoms. The van der Waals surface area contributed by atoms with Crippen LogP contribution in [0.1, 0.15) is 112 Å². The van der Waals surface area contributed by atoms with Gasteiger partial charge in [0.1, 0.15) is 6.10 Å². The number of ether oxygens (including phenoxy) is 2. The van der Waals surface area contributed by atoms with Crippen molar-refractivity contribution >= 4 is 6.16 Å². The van der Waals surface area contributed by atoms with Gasteiger partial charge in [0.2, 0.25) is 0 Å². The molecule has 150 valence electrons. The van der Waals surface area contributed by atoms with E-state index in [0.29, 0.717) is 18.4 Å². The first-order valence-electron chi connectivity index (χ1n) is 10.8. The largest absolute Gasteiger partial charge is 0.508 e. The molecule has 0 fully saturated rings. The number of unbranched alkanes of at least 4 members (excludes halogenated alkanes) is 7. The highest BCUT2D eigenvalue weighted by Gasteiger charge is 2.15. The molecule has 3 heteroatoms. The molecule has 0 heterocycles. The molecule has 0 aliphatic carbocycles. The van der Waals surface area contributed by atoms with Gasteiger partial charge >= 0.3 is 6.16 Å². The Morgan fingerprint density at radius 3 is 1.84 bits per heavy atom. The lowest BCUT2D eigenvalue weighted by Gasteiger charge is -2.19. The third-order valence-corrected chi connectivity index (χ3v) is 4.72. The molecule has 0 N–H and O–H groups in total. The molecule has 0 aromatic carbocycles. The van der Waals surface area contributed by atoms with Gasteiger partial charge in [0.15, 0.2) is 0 Å². The van der Waals surface area contributed by atoms with Gasteiger partial charge in [-0.05, 0) is 38.0 Å². The van der Waals surface area contributed by atoms with Crippen LogP contribution in [-0.2, 0) is 9.47 Å². The van der Waals surface area contributed by atoms with Crippen molar-refractivity contribution in [3.8, 4) is 0 Å². The molecule has 0 aliphatic heterocycles. The maximum absolute atomic E-state index is 11.9. The molecule has 2 atom stereocenters. The maximum Gasteiger partial charge on any atom is 0.508 e. The number of hydrogen-bond acceptors (Lipinski definition) is 3. The van der Waals surface area contributed by atoms with Gasteiger partial charge in [-0.3, -0.25) is 0 Å². The second-order valence-electron chi connectivity index (χ2n) is 8.04. The van der Waals surface area contributed by atoms with Crippen LogP contribution in [0.5, 0.6) is 0 Å². The van der Waals surface area contributed by atoms with Crippen molar-refractivity contribution in [2.75, 3.05) is 6.61 Å². The van der Waals surface area contributed by atoms with E-state index in [1.165, 1.54) is 70.6 Å². The minimum Gasteiger partial charge on any atom is -0.434 e. The van der Waals surface area contributed by atoms with Gasteiger partial charge in [-0.25, -0.2) is 4.79 Å². The standard InChI is InChI=1S/C22H44O3/c1-6-8-10-12-14-16-21(15-13-11-9-7-2)18-24-22(23)25-20(5)17-19(3)4/h19-21H,6-18H2,1-5H3. The zero-order valence-corrected chi connectivity index (χ0v) is 17.6. The fraction of sp³-hybridized carbons (Fsp3) is 0.955. The first-order chi connectivity index (χ1) is 12.0. The zero-order valence-electron chi connectivity index (χ0n) is 17.6. The average Bonchev–Trinajstić information content (AvgIpc) is 2.54. The van der Waals surface area contributed by atoms with Crippen LogP contribution in [0.3, 0.4) is 0 Å². The van der Waals surface area contributed by atoms with Gasteiger partial charge in [0.25, 0.3) is 0 Å².